The van der Waals surface area contributed by atoms with Crippen LogP contribution in [0.3, 0.4) is 0 Å². The predicted molar refractivity (Wildman–Crippen MR) is 127 cm³/mol. The molecule has 2 atom stereocenters. The van der Waals surface area contributed by atoms with Crippen molar-refractivity contribution >= 4 is 5.78 Å². The first-order valence-corrected chi connectivity index (χ1v) is 11.6. The third-order valence-electron chi connectivity index (χ3n) is 6.93. The van der Waals surface area contributed by atoms with Crippen LogP contribution in [0.15, 0.2) is 77.3 Å². The molecule has 0 aromatic heterocycles. The lowest BCUT2D eigenvalue weighted by molar-refractivity contribution is -0.117. The minimum absolute atomic E-state index is 0.0592. The average Bonchev–Trinajstić information content (AvgIpc) is 2.89. The highest BCUT2D eigenvalue weighted by atomic mass is 16.5. The summed E-state index contributed by atoms with van der Waals surface area (Å²) in [6.07, 6.45) is 1.08. The molecule has 2 heterocycles. The fraction of sp³-hybridized carbons (Fsp3) is 0.333. The summed E-state index contributed by atoms with van der Waals surface area (Å²) in [6, 6.07) is 20.0. The molecule has 1 saturated heterocycles. The molecule has 0 saturated carbocycles. The van der Waals surface area contributed by atoms with Crippen LogP contribution in [0.5, 0.6) is 5.75 Å². The van der Waals surface area contributed by atoms with E-state index in [-0.39, 0.29) is 11.7 Å². The molecule has 2 aromatic rings. The molecule has 2 unspecified atom stereocenters. The van der Waals surface area contributed by atoms with E-state index in [4.69, 9.17) is 15.2 Å². The van der Waals surface area contributed by atoms with Gasteiger partial charge in [-0.1, -0.05) is 42.5 Å². The first-order chi connectivity index (χ1) is 16.6. The van der Waals surface area contributed by atoms with E-state index < -0.39 is 5.92 Å². The molecule has 0 bridgehead atoms. The van der Waals surface area contributed by atoms with Crippen LogP contribution in [0, 0.1) is 11.3 Å². The summed E-state index contributed by atoms with van der Waals surface area (Å²) in [5.74, 6) is 0.745. The van der Waals surface area contributed by atoms with Gasteiger partial charge in [-0.05, 0) is 35.6 Å². The first-order valence-electron chi connectivity index (χ1n) is 11.6. The molecule has 34 heavy (non-hydrogen) atoms. The minimum Gasteiger partial charge on any atom is -0.497 e. The maximum Gasteiger partial charge on any atom is 0.162 e. The smallest absolute Gasteiger partial charge is 0.162 e. The molecule has 2 aliphatic heterocycles. The van der Waals surface area contributed by atoms with Crippen molar-refractivity contribution in [3.05, 3.63) is 88.4 Å². The Hall–Kier alpha value is -3.60. The van der Waals surface area contributed by atoms with Gasteiger partial charge < -0.3 is 15.2 Å². The van der Waals surface area contributed by atoms with E-state index in [9.17, 15) is 10.1 Å². The number of rotatable bonds is 4. The van der Waals surface area contributed by atoms with Crippen LogP contribution in [0.25, 0.3) is 0 Å². The predicted octanol–water partition coefficient (Wildman–Crippen LogP) is 3.44. The molecule has 0 amide bonds. The third kappa shape index (κ3) is 3.85. The molecule has 7 heteroatoms. The van der Waals surface area contributed by atoms with Crippen molar-refractivity contribution < 1.29 is 14.3 Å². The number of methoxy groups -OCH3 is 1. The van der Waals surface area contributed by atoms with Crippen LogP contribution in [0.4, 0.5) is 0 Å². The second-order valence-corrected chi connectivity index (χ2v) is 8.79. The zero-order valence-corrected chi connectivity index (χ0v) is 19.2. The average molecular weight is 457 g/mol. The largest absolute Gasteiger partial charge is 0.497 e. The standard InChI is InChI=1S/C27H28N4O3/c1-33-21-9-7-19(8-10-21)25-22(17-28)27(29)31(30-11-13-34-14-12-30)23-15-20(16-24(32)26(23)25)18-5-3-2-4-6-18/h2-10,20,25H,11-16,29H2,1H3. The number of hydrogen-bond donors (Lipinski definition) is 1. The normalized spacial score (nSPS) is 23.5. The Balaban J connectivity index is 1.65. The van der Waals surface area contributed by atoms with Gasteiger partial charge in [-0.2, -0.15) is 5.26 Å². The van der Waals surface area contributed by atoms with Crippen LogP contribution in [0.1, 0.15) is 35.8 Å². The van der Waals surface area contributed by atoms with Gasteiger partial charge >= 0.3 is 0 Å². The van der Waals surface area contributed by atoms with Gasteiger partial charge in [0, 0.05) is 30.8 Å². The fourth-order valence-corrected chi connectivity index (χ4v) is 5.28. The SMILES string of the molecule is COc1ccc(C2C(C#N)=C(N)N(N3CCOCC3)C3=C2C(=O)CC(c2ccccc2)C3)cc1. The quantitative estimate of drug-likeness (QED) is 0.754. The maximum atomic E-state index is 13.8. The molecule has 1 aliphatic carbocycles. The Labute approximate surface area is 199 Å². The lowest BCUT2D eigenvalue weighted by Gasteiger charge is -2.47. The molecular weight excluding hydrogens is 428 g/mol. The molecule has 7 nitrogen and oxygen atoms in total. The van der Waals surface area contributed by atoms with E-state index in [0.29, 0.717) is 56.1 Å². The van der Waals surface area contributed by atoms with Crippen molar-refractivity contribution in [3.63, 3.8) is 0 Å². The second kappa shape index (κ2) is 9.34. The fourth-order valence-electron chi connectivity index (χ4n) is 5.28. The van der Waals surface area contributed by atoms with Gasteiger partial charge in [-0.15, -0.1) is 0 Å². The summed E-state index contributed by atoms with van der Waals surface area (Å²) < 4.78 is 10.9. The van der Waals surface area contributed by atoms with E-state index in [1.165, 1.54) is 0 Å². The number of carbonyl (C=O) groups is 1. The number of benzene rings is 2. The second-order valence-electron chi connectivity index (χ2n) is 8.79. The Morgan fingerprint density at radius 2 is 1.74 bits per heavy atom. The third-order valence-corrected chi connectivity index (χ3v) is 6.93. The molecule has 3 aliphatic rings. The van der Waals surface area contributed by atoms with E-state index in [2.05, 4.69) is 23.2 Å². The monoisotopic (exact) mass is 456 g/mol. The number of hydrazine groups is 1. The first kappa shape index (κ1) is 22.2. The molecule has 2 aromatic carbocycles. The number of nitriles is 1. The summed E-state index contributed by atoms with van der Waals surface area (Å²) in [5, 5.41) is 14.2. The van der Waals surface area contributed by atoms with Gasteiger partial charge in [0.2, 0.25) is 0 Å². The summed E-state index contributed by atoms with van der Waals surface area (Å²) in [7, 11) is 1.61. The van der Waals surface area contributed by atoms with Gasteiger partial charge in [0.05, 0.1) is 37.9 Å². The van der Waals surface area contributed by atoms with Crippen molar-refractivity contribution in [1.29, 1.82) is 5.26 Å². The maximum absolute atomic E-state index is 13.8. The van der Waals surface area contributed by atoms with Crippen LogP contribution in [0.2, 0.25) is 0 Å². The Morgan fingerprint density at radius 1 is 1.03 bits per heavy atom. The lowest BCUT2D eigenvalue weighted by Crippen LogP contribution is -2.52. The van der Waals surface area contributed by atoms with E-state index in [1.54, 1.807) is 7.11 Å². The van der Waals surface area contributed by atoms with Crippen molar-refractivity contribution in [3.8, 4) is 11.8 Å². The highest BCUT2D eigenvalue weighted by Crippen LogP contribution is 2.48. The zero-order valence-electron chi connectivity index (χ0n) is 19.2. The van der Waals surface area contributed by atoms with E-state index in [1.807, 2.05) is 47.5 Å². The topological polar surface area (TPSA) is 91.8 Å². The molecule has 0 radical (unpaired) electrons. The Morgan fingerprint density at radius 3 is 2.38 bits per heavy atom. The number of Topliss-reactive ketones (excluding diaryl/α,β-unsaturated/α-hetero) is 1. The summed E-state index contributed by atoms with van der Waals surface area (Å²) >= 11 is 0. The van der Waals surface area contributed by atoms with Crippen LogP contribution in [-0.2, 0) is 9.53 Å². The van der Waals surface area contributed by atoms with Gasteiger partial charge in [0.1, 0.15) is 11.6 Å². The summed E-state index contributed by atoms with van der Waals surface area (Å²) in [4.78, 5) is 13.8. The highest BCUT2D eigenvalue weighted by molar-refractivity contribution is 6.00. The number of carbonyl (C=O) groups excluding carboxylic acids is 1. The molecular formula is C27H28N4O3. The minimum atomic E-state index is -0.493. The van der Waals surface area contributed by atoms with Crippen molar-refractivity contribution in [1.82, 2.24) is 10.0 Å². The molecule has 5 rings (SSSR count). The molecule has 1 fully saturated rings. The number of ether oxygens (including phenoxy) is 2. The Kier molecular flexibility index (Phi) is 6.10. The number of nitrogens with two attached hydrogens (primary N) is 1. The van der Waals surface area contributed by atoms with E-state index >= 15 is 0 Å². The van der Waals surface area contributed by atoms with Crippen LogP contribution >= 0.6 is 0 Å². The van der Waals surface area contributed by atoms with Gasteiger partial charge in [-0.25, -0.2) is 5.01 Å². The Bertz CT molecular complexity index is 1170. The van der Waals surface area contributed by atoms with Gasteiger partial charge in [-0.3, -0.25) is 9.80 Å². The van der Waals surface area contributed by atoms with Gasteiger partial charge in [0.15, 0.2) is 5.78 Å². The number of nitrogens with zero attached hydrogens (tertiary/aromatic N) is 3. The lowest BCUT2D eigenvalue weighted by atomic mass is 9.72. The summed E-state index contributed by atoms with van der Waals surface area (Å²) in [5.41, 5.74) is 10.7. The number of morpholine rings is 1. The molecule has 0 spiro atoms. The number of hydrogen-bond acceptors (Lipinski definition) is 7. The van der Waals surface area contributed by atoms with Crippen molar-refractivity contribution in [2.75, 3.05) is 33.4 Å². The summed E-state index contributed by atoms with van der Waals surface area (Å²) in [6.45, 7) is 2.44. The van der Waals surface area contributed by atoms with Crippen molar-refractivity contribution in [2.24, 2.45) is 5.73 Å². The van der Waals surface area contributed by atoms with Crippen molar-refractivity contribution in [2.45, 2.75) is 24.7 Å². The number of allylic oxidation sites excluding steroid dienone is 3. The molecule has 174 valence electrons. The van der Waals surface area contributed by atoms with E-state index in [0.717, 1.165) is 22.6 Å². The van der Waals surface area contributed by atoms with Crippen LogP contribution in [-0.4, -0.2) is 49.2 Å². The van der Waals surface area contributed by atoms with Crippen LogP contribution < -0.4 is 10.5 Å². The zero-order chi connectivity index (χ0) is 23.7. The van der Waals surface area contributed by atoms with Gasteiger partial charge in [0.25, 0.3) is 0 Å². The molecule has 2 N–H and O–H groups in total. The number of ketones is 1. The highest BCUT2D eigenvalue weighted by Gasteiger charge is 2.44.